The van der Waals surface area contributed by atoms with Crippen LogP contribution >= 0.6 is 0 Å². The molecule has 8 heteroatoms. The molecule has 0 aliphatic heterocycles. The molecule has 1 atom stereocenters. The van der Waals surface area contributed by atoms with E-state index in [4.69, 9.17) is 4.74 Å². The molecule has 0 radical (unpaired) electrons. The smallest absolute Gasteiger partial charge is 0.331 e. The van der Waals surface area contributed by atoms with E-state index >= 15 is 0 Å². The minimum atomic E-state index is -1.30. The second-order valence-electron chi connectivity index (χ2n) is 7.29. The number of nitrogens with one attached hydrogen (secondary N) is 2. The lowest BCUT2D eigenvalue weighted by Crippen LogP contribution is -2.45. The molecule has 0 heterocycles. The summed E-state index contributed by atoms with van der Waals surface area (Å²) in [5.41, 5.74) is 2.35. The first-order valence-corrected chi connectivity index (χ1v) is 10.2. The summed E-state index contributed by atoms with van der Waals surface area (Å²) in [5, 5.41) is 15.2. The highest BCUT2D eigenvalue weighted by Crippen LogP contribution is 2.29. The average molecular weight is 447 g/mol. The van der Waals surface area contributed by atoms with E-state index in [-0.39, 0.29) is 0 Å². The SMILES string of the molecule is COc1ccc(C(C(=O)O)N(C(=O)CNC(=O)Nc2cccc(C)c2)c2ccccc2)cc1. The molecule has 3 amide bonds. The molecule has 170 valence electrons. The number of anilines is 2. The number of hydrogen-bond acceptors (Lipinski definition) is 4. The van der Waals surface area contributed by atoms with Crippen molar-refractivity contribution in [2.24, 2.45) is 0 Å². The Kier molecular flexibility index (Phi) is 7.64. The maximum atomic E-state index is 13.2. The summed E-state index contributed by atoms with van der Waals surface area (Å²) in [7, 11) is 1.51. The zero-order valence-electron chi connectivity index (χ0n) is 18.3. The van der Waals surface area contributed by atoms with E-state index in [1.165, 1.54) is 7.11 Å². The van der Waals surface area contributed by atoms with Crippen molar-refractivity contribution in [1.82, 2.24) is 5.32 Å². The number of urea groups is 1. The van der Waals surface area contributed by atoms with Gasteiger partial charge < -0.3 is 20.5 Å². The van der Waals surface area contributed by atoms with Crippen molar-refractivity contribution >= 4 is 29.3 Å². The summed E-state index contributed by atoms with van der Waals surface area (Å²) in [6.45, 7) is 1.50. The average Bonchev–Trinajstić information content (AvgIpc) is 2.81. The predicted molar refractivity (Wildman–Crippen MR) is 125 cm³/mol. The van der Waals surface area contributed by atoms with Crippen molar-refractivity contribution in [2.45, 2.75) is 13.0 Å². The molecule has 0 aliphatic carbocycles. The van der Waals surface area contributed by atoms with Gasteiger partial charge in [-0.25, -0.2) is 9.59 Å². The highest BCUT2D eigenvalue weighted by atomic mass is 16.5. The molecule has 1 unspecified atom stereocenters. The first kappa shape index (κ1) is 23.3. The number of hydrogen-bond donors (Lipinski definition) is 3. The van der Waals surface area contributed by atoms with Crippen LogP contribution in [-0.2, 0) is 9.59 Å². The summed E-state index contributed by atoms with van der Waals surface area (Å²) in [6, 6.07) is 20.3. The van der Waals surface area contributed by atoms with Crippen LogP contribution in [0, 0.1) is 6.92 Å². The Morgan fingerprint density at radius 2 is 1.67 bits per heavy atom. The molecular weight excluding hydrogens is 422 g/mol. The zero-order valence-corrected chi connectivity index (χ0v) is 18.3. The van der Waals surface area contributed by atoms with Crippen molar-refractivity contribution < 1.29 is 24.2 Å². The summed E-state index contributed by atoms with van der Waals surface area (Å²) < 4.78 is 5.14. The van der Waals surface area contributed by atoms with Crippen LogP contribution in [0.1, 0.15) is 17.2 Å². The summed E-state index contributed by atoms with van der Waals surface area (Å²) in [6.07, 6.45) is 0. The molecule has 0 aliphatic rings. The maximum absolute atomic E-state index is 13.2. The number of carbonyl (C=O) groups excluding carboxylic acids is 2. The number of ether oxygens (including phenoxy) is 1. The van der Waals surface area contributed by atoms with Crippen LogP contribution in [0.2, 0.25) is 0 Å². The van der Waals surface area contributed by atoms with Crippen molar-refractivity contribution in [3.8, 4) is 5.75 Å². The number of aryl methyl sites for hydroxylation is 1. The van der Waals surface area contributed by atoms with Crippen molar-refractivity contribution in [3.63, 3.8) is 0 Å². The molecular formula is C25H25N3O5. The second kappa shape index (κ2) is 10.8. The fourth-order valence-electron chi connectivity index (χ4n) is 3.35. The Morgan fingerprint density at radius 3 is 2.27 bits per heavy atom. The monoisotopic (exact) mass is 447 g/mol. The normalized spacial score (nSPS) is 11.2. The van der Waals surface area contributed by atoms with Crippen LogP contribution in [0.3, 0.4) is 0 Å². The van der Waals surface area contributed by atoms with E-state index in [1.807, 2.05) is 13.0 Å². The fourth-order valence-corrected chi connectivity index (χ4v) is 3.35. The Hall–Kier alpha value is -4.33. The molecule has 0 aromatic heterocycles. The van der Waals surface area contributed by atoms with Crippen LogP contribution in [0.25, 0.3) is 0 Å². The number of para-hydroxylation sites is 1. The third kappa shape index (κ3) is 6.10. The standard InChI is InChI=1S/C25H25N3O5/c1-17-7-6-8-19(15-17)27-25(32)26-16-22(29)28(20-9-4-3-5-10-20)23(24(30)31)18-11-13-21(33-2)14-12-18/h3-15,23H,16H2,1-2H3,(H,30,31)(H2,26,27,32). The predicted octanol–water partition coefficient (Wildman–Crippen LogP) is 3.98. The lowest BCUT2D eigenvalue weighted by atomic mass is 10.0. The number of benzene rings is 3. The van der Waals surface area contributed by atoms with Crippen molar-refractivity contribution in [3.05, 3.63) is 90.0 Å². The summed E-state index contributed by atoms with van der Waals surface area (Å²) in [5.74, 6) is -1.22. The van der Waals surface area contributed by atoms with E-state index < -0.39 is 30.5 Å². The molecule has 3 aromatic rings. The molecule has 3 aromatic carbocycles. The van der Waals surface area contributed by atoms with Crippen LogP contribution in [0.5, 0.6) is 5.75 Å². The Labute approximate surface area is 191 Å². The second-order valence-corrected chi connectivity index (χ2v) is 7.29. The number of rotatable bonds is 8. The van der Waals surface area contributed by atoms with Gasteiger partial charge in [0.05, 0.1) is 13.7 Å². The van der Waals surface area contributed by atoms with Crippen molar-refractivity contribution in [2.75, 3.05) is 23.9 Å². The van der Waals surface area contributed by atoms with Crippen molar-refractivity contribution in [1.29, 1.82) is 0 Å². The molecule has 0 fully saturated rings. The van der Waals surface area contributed by atoms with Crippen LogP contribution in [-0.4, -0.2) is 36.7 Å². The van der Waals surface area contributed by atoms with Gasteiger partial charge in [-0.1, -0.05) is 42.5 Å². The topological polar surface area (TPSA) is 108 Å². The number of carbonyl (C=O) groups is 3. The van der Waals surface area contributed by atoms with Gasteiger partial charge in [0.25, 0.3) is 0 Å². The molecule has 0 spiro atoms. The van der Waals surface area contributed by atoms with E-state index in [9.17, 15) is 19.5 Å². The maximum Gasteiger partial charge on any atom is 0.331 e. The van der Waals surface area contributed by atoms with Gasteiger partial charge >= 0.3 is 12.0 Å². The van der Waals surface area contributed by atoms with Crippen LogP contribution < -0.4 is 20.3 Å². The Morgan fingerprint density at radius 1 is 0.970 bits per heavy atom. The highest BCUT2D eigenvalue weighted by Gasteiger charge is 2.32. The third-order valence-electron chi connectivity index (χ3n) is 4.90. The van der Waals surface area contributed by atoms with Gasteiger partial charge in [0, 0.05) is 11.4 Å². The van der Waals surface area contributed by atoms with Crippen LogP contribution in [0.4, 0.5) is 16.2 Å². The third-order valence-corrected chi connectivity index (χ3v) is 4.90. The number of nitrogens with zero attached hydrogens (tertiary/aromatic N) is 1. The Bertz CT molecular complexity index is 1120. The van der Waals surface area contributed by atoms with Gasteiger partial charge in [-0.3, -0.25) is 9.69 Å². The zero-order chi connectivity index (χ0) is 23.8. The van der Waals surface area contributed by atoms with Gasteiger partial charge in [-0.2, -0.15) is 0 Å². The largest absolute Gasteiger partial charge is 0.497 e. The Balaban J connectivity index is 1.82. The molecule has 0 saturated heterocycles. The first-order chi connectivity index (χ1) is 15.9. The van der Waals surface area contributed by atoms with Gasteiger partial charge in [0.1, 0.15) is 5.75 Å². The van der Waals surface area contributed by atoms with Gasteiger partial charge in [-0.15, -0.1) is 0 Å². The molecule has 33 heavy (non-hydrogen) atoms. The van der Waals surface area contributed by atoms with E-state index in [0.717, 1.165) is 10.5 Å². The summed E-state index contributed by atoms with van der Waals surface area (Å²) in [4.78, 5) is 38.9. The first-order valence-electron chi connectivity index (χ1n) is 10.2. The number of carboxylic acid groups (broad SMARTS) is 1. The molecule has 3 N–H and O–H groups in total. The lowest BCUT2D eigenvalue weighted by Gasteiger charge is -2.29. The molecule has 3 rings (SSSR count). The quantitative estimate of drug-likeness (QED) is 0.484. The molecule has 0 bridgehead atoms. The van der Waals surface area contributed by atoms with Gasteiger partial charge in [-0.05, 0) is 54.4 Å². The fraction of sp³-hybridized carbons (Fsp3) is 0.160. The van der Waals surface area contributed by atoms with Gasteiger partial charge in [0.15, 0.2) is 6.04 Å². The van der Waals surface area contributed by atoms with E-state index in [2.05, 4.69) is 10.6 Å². The van der Waals surface area contributed by atoms with Gasteiger partial charge in [0.2, 0.25) is 5.91 Å². The minimum Gasteiger partial charge on any atom is -0.497 e. The lowest BCUT2D eigenvalue weighted by molar-refractivity contribution is -0.140. The minimum absolute atomic E-state index is 0.393. The number of carboxylic acids is 1. The van der Waals surface area contributed by atoms with E-state index in [0.29, 0.717) is 22.7 Å². The van der Waals surface area contributed by atoms with Crippen LogP contribution in [0.15, 0.2) is 78.9 Å². The van der Waals surface area contributed by atoms with E-state index in [1.54, 1.807) is 72.8 Å². The number of aliphatic carboxylic acids is 1. The molecule has 8 nitrogen and oxygen atoms in total. The highest BCUT2D eigenvalue weighted by molar-refractivity contribution is 6.02. The molecule has 0 saturated carbocycles. The number of methoxy groups -OCH3 is 1. The summed E-state index contributed by atoms with van der Waals surface area (Å²) >= 11 is 0. The number of amides is 3.